The number of nitrogens with zero attached hydrogens (tertiary/aromatic N) is 3. The summed E-state index contributed by atoms with van der Waals surface area (Å²) in [4.78, 5) is 17.2. The van der Waals surface area contributed by atoms with Crippen molar-refractivity contribution in [1.29, 1.82) is 0 Å². The van der Waals surface area contributed by atoms with Gasteiger partial charge in [-0.1, -0.05) is 13.8 Å². The molecule has 2 rings (SSSR count). The second-order valence-electron chi connectivity index (χ2n) is 3.42. The molecule has 0 saturated carbocycles. The zero-order valence-corrected chi connectivity index (χ0v) is 7.98. The molecule has 0 saturated heterocycles. The Labute approximate surface area is 79.8 Å². The molecule has 0 bridgehead atoms. The third kappa shape index (κ3) is 1.15. The molecule has 0 aliphatic carbocycles. The number of rotatable bonds is 1. The number of hydrogen-bond acceptors (Lipinski definition) is 4. The fourth-order valence-corrected chi connectivity index (χ4v) is 1.36. The first-order valence-electron chi connectivity index (χ1n) is 4.33. The molecular formula is C8H11N5O. The first-order valence-corrected chi connectivity index (χ1v) is 4.33. The van der Waals surface area contributed by atoms with Crippen LogP contribution in [0.15, 0.2) is 11.0 Å². The van der Waals surface area contributed by atoms with Crippen molar-refractivity contribution in [3.8, 4) is 0 Å². The average Bonchev–Trinajstić information content (AvgIpc) is 2.47. The Morgan fingerprint density at radius 2 is 2.29 bits per heavy atom. The van der Waals surface area contributed by atoms with E-state index in [1.165, 1.54) is 4.52 Å². The molecular weight excluding hydrogens is 182 g/mol. The lowest BCUT2D eigenvalue weighted by atomic mass is 10.1. The number of fused-ring (bicyclic) bond motifs is 1. The summed E-state index contributed by atoms with van der Waals surface area (Å²) in [5.74, 6) is 0.389. The van der Waals surface area contributed by atoms with Crippen LogP contribution in [0.4, 0.5) is 5.95 Å². The van der Waals surface area contributed by atoms with Crippen LogP contribution in [0.1, 0.15) is 25.3 Å². The van der Waals surface area contributed by atoms with Crippen LogP contribution in [0.5, 0.6) is 0 Å². The van der Waals surface area contributed by atoms with Gasteiger partial charge in [-0.15, -0.1) is 0 Å². The van der Waals surface area contributed by atoms with E-state index in [1.807, 2.05) is 13.8 Å². The highest BCUT2D eigenvalue weighted by Crippen LogP contribution is 2.17. The van der Waals surface area contributed by atoms with Gasteiger partial charge in [-0.3, -0.25) is 4.98 Å². The Balaban J connectivity index is 2.85. The van der Waals surface area contributed by atoms with Crippen LogP contribution in [0.2, 0.25) is 0 Å². The smallest absolute Gasteiger partial charge is 0.349 e. The zero-order chi connectivity index (χ0) is 10.3. The number of aromatic amines is 1. The predicted octanol–water partition coefficient (Wildman–Crippen LogP) is 0.123. The highest BCUT2D eigenvalue weighted by Gasteiger charge is 2.10. The van der Waals surface area contributed by atoms with Gasteiger partial charge in [0, 0.05) is 5.56 Å². The molecule has 0 radical (unpaired) electrons. The molecule has 2 heterocycles. The predicted molar refractivity (Wildman–Crippen MR) is 52.1 cm³/mol. The second-order valence-corrected chi connectivity index (χ2v) is 3.42. The van der Waals surface area contributed by atoms with Crippen molar-refractivity contribution in [3.05, 3.63) is 22.2 Å². The molecule has 0 aromatic carbocycles. The van der Waals surface area contributed by atoms with Gasteiger partial charge in [0.25, 0.3) is 0 Å². The largest absolute Gasteiger partial charge is 0.368 e. The van der Waals surface area contributed by atoms with Gasteiger partial charge in [0.2, 0.25) is 5.95 Å². The lowest BCUT2D eigenvalue weighted by Crippen LogP contribution is -2.17. The minimum atomic E-state index is -0.447. The first-order chi connectivity index (χ1) is 6.59. The van der Waals surface area contributed by atoms with Gasteiger partial charge < -0.3 is 5.73 Å². The normalized spacial score (nSPS) is 11.4. The van der Waals surface area contributed by atoms with Gasteiger partial charge in [0.1, 0.15) is 5.65 Å². The number of hydrogen-bond donors (Lipinski definition) is 2. The Kier molecular flexibility index (Phi) is 1.77. The maximum atomic E-state index is 11.1. The highest BCUT2D eigenvalue weighted by atomic mass is 16.1. The Bertz CT molecular complexity index is 524. The quantitative estimate of drug-likeness (QED) is 0.673. The summed E-state index contributed by atoms with van der Waals surface area (Å²) >= 11 is 0. The van der Waals surface area contributed by atoms with E-state index in [9.17, 15) is 4.79 Å². The van der Waals surface area contributed by atoms with Crippen molar-refractivity contribution in [2.24, 2.45) is 0 Å². The topological polar surface area (TPSA) is 89.1 Å². The maximum Gasteiger partial charge on any atom is 0.349 e. The number of aromatic nitrogens is 4. The van der Waals surface area contributed by atoms with E-state index in [0.717, 1.165) is 5.56 Å². The average molecular weight is 193 g/mol. The monoisotopic (exact) mass is 193 g/mol. The van der Waals surface area contributed by atoms with E-state index < -0.39 is 5.69 Å². The van der Waals surface area contributed by atoms with Gasteiger partial charge in [-0.05, 0) is 5.92 Å². The number of anilines is 1. The lowest BCUT2D eigenvalue weighted by molar-refractivity contribution is 0.864. The van der Waals surface area contributed by atoms with Crippen molar-refractivity contribution in [3.63, 3.8) is 0 Å². The SMILES string of the molecule is CC(C)c1cnn2c(N)nc(=O)[nH]c12. The van der Waals surface area contributed by atoms with Crippen molar-refractivity contribution in [1.82, 2.24) is 19.6 Å². The molecule has 6 heteroatoms. The van der Waals surface area contributed by atoms with Crippen LogP contribution in [0, 0.1) is 0 Å². The van der Waals surface area contributed by atoms with Crippen LogP contribution in [0.3, 0.4) is 0 Å². The van der Waals surface area contributed by atoms with Gasteiger partial charge in [0.05, 0.1) is 6.20 Å². The van der Waals surface area contributed by atoms with Crippen LogP contribution in [-0.4, -0.2) is 19.6 Å². The van der Waals surface area contributed by atoms with Crippen LogP contribution in [-0.2, 0) is 0 Å². The van der Waals surface area contributed by atoms with E-state index in [2.05, 4.69) is 15.1 Å². The van der Waals surface area contributed by atoms with E-state index >= 15 is 0 Å². The third-order valence-corrected chi connectivity index (χ3v) is 2.08. The van der Waals surface area contributed by atoms with E-state index in [1.54, 1.807) is 6.20 Å². The lowest BCUT2D eigenvalue weighted by Gasteiger charge is -2.01. The van der Waals surface area contributed by atoms with Gasteiger partial charge in [-0.2, -0.15) is 14.6 Å². The van der Waals surface area contributed by atoms with Gasteiger partial charge in [-0.25, -0.2) is 4.79 Å². The van der Waals surface area contributed by atoms with Crippen LogP contribution >= 0.6 is 0 Å². The molecule has 0 aliphatic heterocycles. The van der Waals surface area contributed by atoms with Crippen molar-refractivity contribution in [2.75, 3.05) is 5.73 Å². The van der Waals surface area contributed by atoms with Gasteiger partial charge in [0.15, 0.2) is 0 Å². The molecule has 2 aromatic heterocycles. The standard InChI is InChI=1S/C8H11N5O/c1-4(2)5-3-10-13-6(5)11-8(14)12-7(13)9/h3-4H,1-2H3,(H3,9,11,12,14). The molecule has 0 atom stereocenters. The third-order valence-electron chi connectivity index (χ3n) is 2.08. The van der Waals surface area contributed by atoms with Crippen molar-refractivity contribution >= 4 is 11.6 Å². The molecule has 0 aliphatic rings. The molecule has 0 amide bonds. The summed E-state index contributed by atoms with van der Waals surface area (Å²) in [6, 6.07) is 0. The fourth-order valence-electron chi connectivity index (χ4n) is 1.36. The number of nitrogen functional groups attached to an aromatic ring is 1. The molecule has 74 valence electrons. The highest BCUT2D eigenvalue weighted by molar-refractivity contribution is 5.50. The molecule has 2 aromatic rings. The Morgan fingerprint density at radius 1 is 1.57 bits per heavy atom. The Hall–Kier alpha value is -1.85. The zero-order valence-electron chi connectivity index (χ0n) is 7.98. The number of nitrogens with two attached hydrogens (primary N) is 1. The maximum absolute atomic E-state index is 11.1. The van der Waals surface area contributed by atoms with Gasteiger partial charge >= 0.3 is 5.69 Å². The molecule has 14 heavy (non-hydrogen) atoms. The van der Waals surface area contributed by atoms with E-state index in [0.29, 0.717) is 5.65 Å². The molecule has 0 fully saturated rings. The summed E-state index contributed by atoms with van der Waals surface area (Å²) in [6.45, 7) is 4.04. The Morgan fingerprint density at radius 3 is 2.93 bits per heavy atom. The number of nitrogens with one attached hydrogen (secondary N) is 1. The van der Waals surface area contributed by atoms with Crippen LogP contribution < -0.4 is 11.4 Å². The van der Waals surface area contributed by atoms with E-state index in [4.69, 9.17) is 5.73 Å². The molecule has 0 spiro atoms. The number of H-pyrrole nitrogens is 1. The molecule has 3 N–H and O–H groups in total. The summed E-state index contributed by atoms with van der Waals surface area (Å²) in [5.41, 5.74) is 6.67. The fraction of sp³-hybridized carbons (Fsp3) is 0.375. The minimum absolute atomic E-state index is 0.107. The minimum Gasteiger partial charge on any atom is -0.368 e. The molecule has 0 unspecified atom stereocenters. The summed E-state index contributed by atoms with van der Waals surface area (Å²) < 4.78 is 1.43. The van der Waals surface area contributed by atoms with Crippen molar-refractivity contribution < 1.29 is 0 Å². The summed E-state index contributed by atoms with van der Waals surface area (Å²) in [5, 5.41) is 4.04. The van der Waals surface area contributed by atoms with Crippen molar-refractivity contribution in [2.45, 2.75) is 19.8 Å². The first kappa shape index (κ1) is 8.74. The van der Waals surface area contributed by atoms with E-state index in [-0.39, 0.29) is 11.9 Å². The summed E-state index contributed by atoms with van der Waals surface area (Å²) in [6.07, 6.45) is 1.69. The second kappa shape index (κ2) is 2.83. The summed E-state index contributed by atoms with van der Waals surface area (Å²) in [7, 11) is 0. The van der Waals surface area contributed by atoms with Crippen LogP contribution in [0.25, 0.3) is 5.65 Å². The molecule has 6 nitrogen and oxygen atoms in total.